The molecule has 7 nitrogen and oxygen atoms in total. The number of methoxy groups -OCH3 is 1. The quantitative estimate of drug-likeness (QED) is 0.162. The number of halogens is 3. The predicted molar refractivity (Wildman–Crippen MR) is 117 cm³/mol. The van der Waals surface area contributed by atoms with E-state index in [2.05, 4.69) is 0 Å². The summed E-state index contributed by atoms with van der Waals surface area (Å²) in [5.41, 5.74) is 0.671. The standard InChI is InChI=1S/C24H25F3O7/c1-3-23(30,31)21(28)12-6-16-5-11-19(20(15-16)32-2)34-22(29)17-7-9-18(10-8-17)33-14-4-13-24(25,26)27/h5-12,15,30-31H,3-4,13-14H2,1-2H3/b12-6+. The molecule has 34 heavy (non-hydrogen) atoms. The number of benzene rings is 2. The van der Waals surface area contributed by atoms with Crippen LogP contribution in [0, 0.1) is 0 Å². The fourth-order valence-electron chi connectivity index (χ4n) is 2.66. The van der Waals surface area contributed by atoms with Crippen LogP contribution in [-0.4, -0.2) is 47.6 Å². The van der Waals surface area contributed by atoms with Crippen LogP contribution >= 0.6 is 0 Å². The first-order chi connectivity index (χ1) is 15.9. The molecule has 2 rings (SSSR count). The number of ether oxygens (including phenoxy) is 3. The van der Waals surface area contributed by atoms with Crippen molar-refractivity contribution in [3.8, 4) is 17.2 Å². The monoisotopic (exact) mass is 482 g/mol. The molecular formula is C24H25F3O7. The van der Waals surface area contributed by atoms with Crippen molar-refractivity contribution in [1.82, 2.24) is 0 Å². The maximum atomic E-state index is 12.4. The molecule has 0 aliphatic rings. The number of carbonyl (C=O) groups excluding carboxylic acids is 2. The van der Waals surface area contributed by atoms with Crippen molar-refractivity contribution in [1.29, 1.82) is 0 Å². The summed E-state index contributed by atoms with van der Waals surface area (Å²) in [4.78, 5) is 24.2. The highest BCUT2D eigenvalue weighted by molar-refractivity contribution is 5.98. The molecular weight excluding hydrogens is 457 g/mol. The first-order valence-corrected chi connectivity index (χ1v) is 10.3. The number of aliphatic hydroxyl groups is 2. The van der Waals surface area contributed by atoms with E-state index in [1.54, 1.807) is 0 Å². The van der Waals surface area contributed by atoms with Gasteiger partial charge in [-0.25, -0.2) is 4.79 Å². The number of hydrogen-bond acceptors (Lipinski definition) is 7. The largest absolute Gasteiger partial charge is 0.494 e. The first-order valence-electron chi connectivity index (χ1n) is 10.3. The topological polar surface area (TPSA) is 102 Å². The summed E-state index contributed by atoms with van der Waals surface area (Å²) in [7, 11) is 1.36. The van der Waals surface area contributed by atoms with Crippen molar-refractivity contribution in [3.63, 3.8) is 0 Å². The number of rotatable bonds is 11. The molecule has 184 valence electrons. The third-order valence-corrected chi connectivity index (χ3v) is 4.67. The van der Waals surface area contributed by atoms with Gasteiger partial charge in [0.2, 0.25) is 11.6 Å². The molecule has 0 aliphatic heterocycles. The van der Waals surface area contributed by atoms with E-state index in [9.17, 15) is 33.0 Å². The van der Waals surface area contributed by atoms with E-state index < -0.39 is 30.1 Å². The molecule has 2 N–H and O–H groups in total. The van der Waals surface area contributed by atoms with Crippen molar-refractivity contribution in [2.75, 3.05) is 13.7 Å². The molecule has 0 amide bonds. The van der Waals surface area contributed by atoms with Gasteiger partial charge in [0.15, 0.2) is 11.5 Å². The van der Waals surface area contributed by atoms with Gasteiger partial charge >= 0.3 is 12.1 Å². The molecule has 0 atom stereocenters. The predicted octanol–water partition coefficient (Wildman–Crippen LogP) is 4.31. The molecule has 0 unspecified atom stereocenters. The van der Waals surface area contributed by atoms with Crippen molar-refractivity contribution < 1.29 is 47.2 Å². The SMILES string of the molecule is CCC(O)(O)C(=O)/C=C/c1ccc(OC(=O)c2ccc(OCCCC(F)(F)F)cc2)c(OC)c1. The summed E-state index contributed by atoms with van der Waals surface area (Å²) >= 11 is 0. The van der Waals surface area contributed by atoms with Gasteiger partial charge in [-0.05, 0) is 54.5 Å². The third-order valence-electron chi connectivity index (χ3n) is 4.67. The van der Waals surface area contributed by atoms with Gasteiger partial charge in [-0.15, -0.1) is 0 Å². The lowest BCUT2D eigenvalue weighted by molar-refractivity contribution is -0.178. The van der Waals surface area contributed by atoms with Gasteiger partial charge in [-0.1, -0.05) is 19.1 Å². The van der Waals surface area contributed by atoms with Crippen LogP contribution in [0.5, 0.6) is 17.2 Å². The van der Waals surface area contributed by atoms with Crippen molar-refractivity contribution >= 4 is 17.8 Å². The second-order valence-corrected chi connectivity index (χ2v) is 7.26. The number of carbonyl (C=O) groups is 2. The molecule has 0 aromatic heterocycles. The van der Waals surface area contributed by atoms with Crippen molar-refractivity contribution in [3.05, 3.63) is 59.7 Å². The summed E-state index contributed by atoms with van der Waals surface area (Å²) in [6.07, 6.45) is -3.13. The molecule has 0 saturated heterocycles. The lowest BCUT2D eigenvalue weighted by atomic mass is 10.1. The second kappa shape index (κ2) is 11.7. The van der Waals surface area contributed by atoms with Crippen LogP contribution in [-0.2, 0) is 4.79 Å². The zero-order valence-corrected chi connectivity index (χ0v) is 18.6. The van der Waals surface area contributed by atoms with E-state index in [4.69, 9.17) is 14.2 Å². The van der Waals surface area contributed by atoms with Crippen molar-refractivity contribution in [2.24, 2.45) is 0 Å². The highest BCUT2D eigenvalue weighted by Crippen LogP contribution is 2.30. The van der Waals surface area contributed by atoms with E-state index in [1.807, 2.05) is 0 Å². The summed E-state index contributed by atoms with van der Waals surface area (Å²) in [6.45, 7) is 1.35. The molecule has 0 aliphatic carbocycles. The highest BCUT2D eigenvalue weighted by atomic mass is 19.4. The minimum absolute atomic E-state index is 0.107. The molecule has 0 spiro atoms. The number of ketones is 1. The fourth-order valence-corrected chi connectivity index (χ4v) is 2.66. The van der Waals surface area contributed by atoms with E-state index in [-0.39, 0.29) is 36.5 Å². The summed E-state index contributed by atoms with van der Waals surface area (Å²) in [6, 6.07) is 10.2. The van der Waals surface area contributed by atoms with Crippen LogP contribution in [0.25, 0.3) is 6.08 Å². The molecule has 0 radical (unpaired) electrons. The molecule has 0 fully saturated rings. The highest BCUT2D eigenvalue weighted by Gasteiger charge is 2.28. The normalized spacial score (nSPS) is 12.0. The Morgan fingerprint density at radius 2 is 1.71 bits per heavy atom. The Hall–Kier alpha value is -3.37. The molecule has 0 bridgehead atoms. The Labute approximate surface area is 194 Å². The minimum atomic E-state index is -4.23. The smallest absolute Gasteiger partial charge is 0.389 e. The van der Waals surface area contributed by atoms with Crippen LogP contribution in [0.1, 0.15) is 42.1 Å². The second-order valence-electron chi connectivity index (χ2n) is 7.26. The van der Waals surface area contributed by atoms with Crippen LogP contribution in [0.4, 0.5) is 13.2 Å². The summed E-state index contributed by atoms with van der Waals surface area (Å²) in [5.74, 6) is -3.40. The molecule has 0 saturated carbocycles. The van der Waals surface area contributed by atoms with Crippen molar-refractivity contribution in [2.45, 2.75) is 38.1 Å². The van der Waals surface area contributed by atoms with Gasteiger partial charge in [0.1, 0.15) is 5.75 Å². The molecule has 0 heterocycles. The van der Waals surface area contributed by atoms with Gasteiger partial charge in [-0.3, -0.25) is 4.79 Å². The maximum absolute atomic E-state index is 12.4. The van der Waals surface area contributed by atoms with E-state index in [0.717, 1.165) is 6.08 Å². The Kier molecular flexibility index (Phi) is 9.22. The Morgan fingerprint density at radius 1 is 1.03 bits per heavy atom. The Morgan fingerprint density at radius 3 is 2.29 bits per heavy atom. The molecule has 2 aromatic carbocycles. The zero-order chi connectivity index (χ0) is 25.4. The summed E-state index contributed by atoms with van der Waals surface area (Å²) in [5, 5.41) is 19.1. The number of alkyl halides is 3. The van der Waals surface area contributed by atoms with E-state index in [1.165, 1.54) is 62.6 Å². The zero-order valence-electron chi connectivity index (χ0n) is 18.6. The molecule has 2 aromatic rings. The number of hydrogen-bond donors (Lipinski definition) is 2. The maximum Gasteiger partial charge on any atom is 0.389 e. The van der Waals surface area contributed by atoms with Gasteiger partial charge in [0.05, 0.1) is 19.3 Å². The van der Waals surface area contributed by atoms with Crippen LogP contribution in [0.2, 0.25) is 0 Å². The minimum Gasteiger partial charge on any atom is -0.494 e. The average molecular weight is 482 g/mol. The van der Waals surface area contributed by atoms with Crippen LogP contribution < -0.4 is 14.2 Å². The number of esters is 1. The van der Waals surface area contributed by atoms with Gasteiger partial charge < -0.3 is 24.4 Å². The van der Waals surface area contributed by atoms with Crippen LogP contribution in [0.15, 0.2) is 48.5 Å². The fraction of sp³-hybridized carbons (Fsp3) is 0.333. The van der Waals surface area contributed by atoms with Gasteiger partial charge in [0.25, 0.3) is 0 Å². The van der Waals surface area contributed by atoms with E-state index in [0.29, 0.717) is 11.3 Å². The van der Waals surface area contributed by atoms with Crippen LogP contribution in [0.3, 0.4) is 0 Å². The Balaban J connectivity index is 2.00. The molecule has 10 heteroatoms. The average Bonchev–Trinajstić information content (AvgIpc) is 2.80. The van der Waals surface area contributed by atoms with Gasteiger partial charge in [-0.2, -0.15) is 13.2 Å². The van der Waals surface area contributed by atoms with Gasteiger partial charge in [0, 0.05) is 12.8 Å². The lowest BCUT2D eigenvalue weighted by Gasteiger charge is -2.15. The van der Waals surface area contributed by atoms with E-state index >= 15 is 0 Å². The first kappa shape index (κ1) is 26.9. The third kappa shape index (κ3) is 8.20. The lowest BCUT2D eigenvalue weighted by Crippen LogP contribution is -2.36. The summed E-state index contributed by atoms with van der Waals surface area (Å²) < 4.78 is 52.3. The Bertz CT molecular complexity index is 1010.